The Balaban J connectivity index is 1.76. The van der Waals surface area contributed by atoms with Crippen LogP contribution in [0, 0.1) is 5.82 Å². The fourth-order valence-electron chi connectivity index (χ4n) is 3.03. The van der Waals surface area contributed by atoms with E-state index in [1.807, 2.05) is 19.1 Å². The molecule has 0 bridgehead atoms. The molecule has 0 spiro atoms. The number of anilines is 2. The zero-order valence-corrected chi connectivity index (χ0v) is 16.2. The third-order valence-corrected chi connectivity index (χ3v) is 5.04. The van der Waals surface area contributed by atoms with E-state index in [0.29, 0.717) is 23.9 Å². The Hall–Kier alpha value is -2.31. The second-order valence-electron chi connectivity index (χ2n) is 6.53. The van der Waals surface area contributed by atoms with E-state index in [4.69, 9.17) is 16.3 Å². The molecule has 2 aromatic rings. The fraction of sp³-hybridized carbons (Fsp3) is 0.350. The number of hydrogen-bond acceptors (Lipinski definition) is 3. The van der Waals surface area contributed by atoms with Crippen LogP contribution in [-0.4, -0.2) is 44.3 Å². The van der Waals surface area contributed by atoms with Gasteiger partial charge in [0, 0.05) is 25.2 Å². The van der Waals surface area contributed by atoms with Crippen molar-refractivity contribution in [3.05, 3.63) is 58.9 Å². The van der Waals surface area contributed by atoms with Crippen LogP contribution in [0.15, 0.2) is 42.5 Å². The van der Waals surface area contributed by atoms with Crippen LogP contribution in [0.3, 0.4) is 0 Å². The van der Waals surface area contributed by atoms with E-state index in [-0.39, 0.29) is 17.9 Å². The molecular weight excluding hydrogens is 369 g/mol. The van der Waals surface area contributed by atoms with Gasteiger partial charge in [-0.1, -0.05) is 23.7 Å². The lowest BCUT2D eigenvalue weighted by Gasteiger charge is -2.31. The number of nitrogens with one attached hydrogen (secondary N) is 1. The summed E-state index contributed by atoms with van der Waals surface area (Å²) in [6.45, 7) is 4.71. The lowest BCUT2D eigenvalue weighted by atomic mass is 10.1. The molecule has 27 heavy (non-hydrogen) atoms. The van der Waals surface area contributed by atoms with Gasteiger partial charge in [0.15, 0.2) is 0 Å². The van der Waals surface area contributed by atoms with Gasteiger partial charge in [-0.2, -0.15) is 0 Å². The fourth-order valence-corrected chi connectivity index (χ4v) is 3.20. The summed E-state index contributed by atoms with van der Waals surface area (Å²) in [5.74, 6) is -0.299. The van der Waals surface area contributed by atoms with Crippen molar-refractivity contribution in [2.75, 3.05) is 43.6 Å². The first-order valence-corrected chi connectivity index (χ1v) is 9.25. The Morgan fingerprint density at radius 1 is 1.22 bits per heavy atom. The van der Waals surface area contributed by atoms with E-state index in [2.05, 4.69) is 10.2 Å². The van der Waals surface area contributed by atoms with E-state index in [1.165, 1.54) is 12.1 Å². The Bertz CT molecular complexity index is 794. The monoisotopic (exact) mass is 391 g/mol. The Morgan fingerprint density at radius 2 is 1.89 bits per heavy atom. The van der Waals surface area contributed by atoms with Crippen LogP contribution >= 0.6 is 11.6 Å². The minimum atomic E-state index is -0.299. The normalized spacial score (nSPS) is 15.3. The van der Waals surface area contributed by atoms with Gasteiger partial charge in [-0.25, -0.2) is 9.18 Å². The first-order chi connectivity index (χ1) is 13.0. The smallest absolute Gasteiger partial charge is 0.322 e. The first kappa shape index (κ1) is 19.5. The average Bonchev–Trinajstić information content (AvgIpc) is 2.68. The molecular formula is C20H23ClFN3O2. The van der Waals surface area contributed by atoms with Crippen molar-refractivity contribution >= 4 is 29.0 Å². The number of carbonyl (C=O) groups excluding carboxylic acids is 1. The van der Waals surface area contributed by atoms with Gasteiger partial charge < -0.3 is 19.9 Å². The summed E-state index contributed by atoms with van der Waals surface area (Å²) in [5, 5.41) is 3.51. The topological polar surface area (TPSA) is 44.8 Å². The molecule has 1 fully saturated rings. The highest BCUT2D eigenvalue weighted by Crippen LogP contribution is 2.30. The maximum atomic E-state index is 13.1. The van der Waals surface area contributed by atoms with Crippen molar-refractivity contribution in [1.29, 1.82) is 0 Å². The molecule has 1 aliphatic rings. The third kappa shape index (κ3) is 4.70. The largest absolute Gasteiger partial charge is 0.378 e. The number of hydrogen-bond donors (Lipinski definition) is 1. The number of rotatable bonds is 4. The third-order valence-electron chi connectivity index (χ3n) is 4.81. The van der Waals surface area contributed by atoms with E-state index < -0.39 is 0 Å². The molecule has 0 aromatic heterocycles. The molecule has 144 valence electrons. The molecule has 5 nitrogen and oxygen atoms in total. The molecule has 1 N–H and O–H groups in total. The zero-order chi connectivity index (χ0) is 19.4. The minimum Gasteiger partial charge on any atom is -0.378 e. The summed E-state index contributed by atoms with van der Waals surface area (Å²) >= 11 is 6.15. The van der Waals surface area contributed by atoms with Crippen molar-refractivity contribution in [3.63, 3.8) is 0 Å². The summed E-state index contributed by atoms with van der Waals surface area (Å²) in [7, 11) is 1.71. The number of morpholine rings is 1. The van der Waals surface area contributed by atoms with Crippen LogP contribution in [0.4, 0.5) is 20.6 Å². The standard InChI is InChI=1S/C20H23ClFN3O2/c1-14(15-3-6-17(22)7-4-15)24(2)20(26)23-18-13-16(21)5-8-19(18)25-9-11-27-12-10-25/h3-8,13-14H,9-12H2,1-2H3,(H,23,26)/t14-/m1/s1. The predicted octanol–water partition coefficient (Wildman–Crippen LogP) is 4.54. The highest BCUT2D eigenvalue weighted by atomic mass is 35.5. The average molecular weight is 392 g/mol. The zero-order valence-electron chi connectivity index (χ0n) is 15.4. The van der Waals surface area contributed by atoms with Crippen molar-refractivity contribution < 1.29 is 13.9 Å². The molecule has 0 unspecified atom stereocenters. The van der Waals surface area contributed by atoms with Crippen molar-refractivity contribution in [2.24, 2.45) is 0 Å². The second-order valence-corrected chi connectivity index (χ2v) is 6.97. The minimum absolute atomic E-state index is 0.211. The molecule has 7 heteroatoms. The van der Waals surface area contributed by atoms with Gasteiger partial charge in [-0.05, 0) is 42.8 Å². The number of nitrogens with zero attached hydrogens (tertiary/aromatic N) is 2. The number of urea groups is 1. The van der Waals surface area contributed by atoms with Crippen molar-refractivity contribution in [1.82, 2.24) is 4.90 Å². The van der Waals surface area contributed by atoms with Gasteiger partial charge in [0.25, 0.3) is 0 Å². The number of ether oxygens (including phenoxy) is 1. The summed E-state index contributed by atoms with van der Waals surface area (Å²) < 4.78 is 18.5. The van der Waals surface area contributed by atoms with E-state index in [0.717, 1.165) is 24.3 Å². The Morgan fingerprint density at radius 3 is 2.56 bits per heavy atom. The van der Waals surface area contributed by atoms with Gasteiger partial charge in [-0.3, -0.25) is 0 Å². The van der Waals surface area contributed by atoms with Crippen molar-refractivity contribution in [2.45, 2.75) is 13.0 Å². The van der Waals surface area contributed by atoms with Crippen LogP contribution in [0.2, 0.25) is 5.02 Å². The highest BCUT2D eigenvalue weighted by Gasteiger charge is 2.21. The predicted molar refractivity (Wildman–Crippen MR) is 106 cm³/mol. The molecule has 1 saturated heterocycles. The van der Waals surface area contributed by atoms with Gasteiger partial charge in [0.2, 0.25) is 0 Å². The van der Waals surface area contributed by atoms with Crippen LogP contribution < -0.4 is 10.2 Å². The summed E-state index contributed by atoms with van der Waals surface area (Å²) in [4.78, 5) is 16.5. The summed E-state index contributed by atoms with van der Waals surface area (Å²) in [6, 6.07) is 11.2. The van der Waals surface area contributed by atoms with Crippen molar-refractivity contribution in [3.8, 4) is 0 Å². The van der Waals surface area contributed by atoms with E-state index in [9.17, 15) is 9.18 Å². The number of benzene rings is 2. The Kier molecular flexibility index (Phi) is 6.19. The van der Waals surface area contributed by atoms with Gasteiger partial charge in [0.1, 0.15) is 5.82 Å². The molecule has 1 atom stereocenters. The number of carbonyl (C=O) groups is 1. The SMILES string of the molecule is C[C@H](c1ccc(F)cc1)N(C)C(=O)Nc1cc(Cl)ccc1N1CCOCC1. The lowest BCUT2D eigenvalue weighted by molar-refractivity contribution is 0.123. The molecule has 2 aromatic carbocycles. The van der Waals surface area contributed by atoms with E-state index in [1.54, 1.807) is 30.1 Å². The van der Waals surface area contributed by atoms with Gasteiger partial charge >= 0.3 is 6.03 Å². The summed E-state index contributed by atoms with van der Waals surface area (Å²) in [5.41, 5.74) is 2.43. The summed E-state index contributed by atoms with van der Waals surface area (Å²) in [6.07, 6.45) is 0. The van der Waals surface area contributed by atoms with Crippen LogP contribution in [0.1, 0.15) is 18.5 Å². The van der Waals surface area contributed by atoms with E-state index >= 15 is 0 Å². The maximum Gasteiger partial charge on any atom is 0.322 e. The molecule has 2 amide bonds. The van der Waals surface area contributed by atoms with Gasteiger partial charge in [0.05, 0.1) is 30.6 Å². The Labute approximate surface area is 163 Å². The molecule has 0 radical (unpaired) electrons. The van der Waals surface area contributed by atoms with Crippen LogP contribution in [-0.2, 0) is 4.74 Å². The molecule has 3 rings (SSSR count). The maximum absolute atomic E-state index is 13.1. The quantitative estimate of drug-likeness (QED) is 0.832. The van der Waals surface area contributed by atoms with Crippen LogP contribution in [0.5, 0.6) is 0 Å². The molecule has 1 heterocycles. The number of halogens is 2. The van der Waals surface area contributed by atoms with Crippen LogP contribution in [0.25, 0.3) is 0 Å². The number of amides is 2. The lowest BCUT2D eigenvalue weighted by Crippen LogP contribution is -2.38. The second kappa shape index (κ2) is 8.59. The first-order valence-electron chi connectivity index (χ1n) is 8.87. The molecule has 1 aliphatic heterocycles. The molecule has 0 saturated carbocycles. The van der Waals surface area contributed by atoms with Gasteiger partial charge in [-0.15, -0.1) is 0 Å². The highest BCUT2D eigenvalue weighted by molar-refractivity contribution is 6.31. The molecule has 0 aliphatic carbocycles.